The van der Waals surface area contributed by atoms with Crippen LogP contribution in [0, 0.1) is 5.92 Å². The Balaban J connectivity index is 1.66. The van der Waals surface area contributed by atoms with Gasteiger partial charge in [0.1, 0.15) is 5.82 Å². The smallest absolute Gasteiger partial charge is 0.220 e. The Morgan fingerprint density at radius 3 is 2.96 bits per heavy atom. The van der Waals surface area contributed by atoms with Crippen LogP contribution in [-0.2, 0) is 11.3 Å². The summed E-state index contributed by atoms with van der Waals surface area (Å²) in [6, 6.07) is 10.1. The van der Waals surface area contributed by atoms with Crippen LogP contribution in [0.5, 0.6) is 0 Å². The molecule has 1 unspecified atom stereocenters. The minimum atomic E-state index is 0.134. The van der Waals surface area contributed by atoms with Crippen molar-refractivity contribution in [3.05, 3.63) is 35.9 Å². The van der Waals surface area contributed by atoms with Gasteiger partial charge in [0.2, 0.25) is 5.91 Å². The van der Waals surface area contributed by atoms with Crippen LogP contribution in [0.1, 0.15) is 24.8 Å². The van der Waals surface area contributed by atoms with Crippen molar-refractivity contribution in [2.75, 3.05) is 32.1 Å². The molecule has 5 nitrogen and oxygen atoms in total. The number of anilines is 1. The number of aromatic nitrogens is 1. The lowest BCUT2D eigenvalue weighted by molar-refractivity contribution is -0.121. The van der Waals surface area contributed by atoms with Gasteiger partial charge in [-0.1, -0.05) is 18.2 Å². The van der Waals surface area contributed by atoms with Crippen LogP contribution in [-0.4, -0.2) is 38.1 Å². The highest BCUT2D eigenvalue weighted by Crippen LogP contribution is 2.22. The molecule has 24 heavy (non-hydrogen) atoms. The van der Waals surface area contributed by atoms with Gasteiger partial charge in [0.05, 0.1) is 5.52 Å². The van der Waals surface area contributed by atoms with Gasteiger partial charge in [-0.15, -0.1) is 0 Å². The van der Waals surface area contributed by atoms with Gasteiger partial charge in [0.15, 0.2) is 0 Å². The Kier molecular flexibility index (Phi) is 5.30. The van der Waals surface area contributed by atoms with Gasteiger partial charge in [0, 0.05) is 32.4 Å². The SMILES string of the molecule is CN(C)c1cc(CNC(=O)CCC2CCNC2)c2ccccc2n1. The van der Waals surface area contributed by atoms with Crippen molar-refractivity contribution in [1.82, 2.24) is 15.6 Å². The number of fused-ring (bicyclic) bond motifs is 1. The maximum absolute atomic E-state index is 12.2. The zero-order valence-electron chi connectivity index (χ0n) is 14.5. The molecule has 2 N–H and O–H groups in total. The molecule has 1 aliphatic rings. The highest BCUT2D eigenvalue weighted by molar-refractivity contribution is 5.85. The van der Waals surface area contributed by atoms with E-state index in [2.05, 4.69) is 27.8 Å². The average Bonchev–Trinajstić information content (AvgIpc) is 3.11. The lowest BCUT2D eigenvalue weighted by atomic mass is 10.0. The number of hydrogen-bond donors (Lipinski definition) is 2. The summed E-state index contributed by atoms with van der Waals surface area (Å²) in [5, 5.41) is 7.52. The molecule has 0 spiro atoms. The molecule has 0 bridgehead atoms. The van der Waals surface area contributed by atoms with Crippen molar-refractivity contribution < 1.29 is 4.79 Å². The van der Waals surface area contributed by atoms with Gasteiger partial charge in [-0.25, -0.2) is 4.98 Å². The standard InChI is InChI=1S/C19H26N4O/c1-23(2)18-11-15(16-5-3-4-6-17(16)22-18)13-21-19(24)8-7-14-9-10-20-12-14/h3-6,11,14,20H,7-10,12-13H2,1-2H3,(H,21,24). The summed E-state index contributed by atoms with van der Waals surface area (Å²) >= 11 is 0. The van der Waals surface area contributed by atoms with Crippen molar-refractivity contribution in [1.29, 1.82) is 0 Å². The molecule has 3 rings (SSSR count). The van der Waals surface area contributed by atoms with Crippen LogP contribution in [0.15, 0.2) is 30.3 Å². The third kappa shape index (κ3) is 4.03. The quantitative estimate of drug-likeness (QED) is 0.855. The van der Waals surface area contributed by atoms with Crippen molar-refractivity contribution in [2.24, 2.45) is 5.92 Å². The van der Waals surface area contributed by atoms with E-state index in [9.17, 15) is 4.79 Å². The van der Waals surface area contributed by atoms with E-state index in [0.29, 0.717) is 18.9 Å². The summed E-state index contributed by atoms with van der Waals surface area (Å²) in [5.74, 6) is 1.70. The fourth-order valence-electron chi connectivity index (χ4n) is 3.19. The number of carbonyl (C=O) groups is 1. The van der Waals surface area contributed by atoms with Gasteiger partial charge in [-0.3, -0.25) is 4.79 Å². The molecule has 2 heterocycles. The van der Waals surface area contributed by atoms with Crippen molar-refractivity contribution in [3.63, 3.8) is 0 Å². The number of nitrogens with one attached hydrogen (secondary N) is 2. The zero-order chi connectivity index (χ0) is 16.9. The number of hydrogen-bond acceptors (Lipinski definition) is 4. The number of carbonyl (C=O) groups excluding carboxylic acids is 1. The summed E-state index contributed by atoms with van der Waals surface area (Å²) in [5.41, 5.74) is 2.07. The second-order valence-electron chi connectivity index (χ2n) is 6.73. The van der Waals surface area contributed by atoms with Crippen LogP contribution in [0.3, 0.4) is 0 Å². The van der Waals surface area contributed by atoms with Gasteiger partial charge >= 0.3 is 0 Å². The van der Waals surface area contributed by atoms with Crippen LogP contribution >= 0.6 is 0 Å². The highest BCUT2D eigenvalue weighted by atomic mass is 16.1. The van der Waals surface area contributed by atoms with Crippen molar-refractivity contribution in [2.45, 2.75) is 25.8 Å². The first kappa shape index (κ1) is 16.7. The first-order chi connectivity index (χ1) is 11.6. The molecule has 0 aliphatic carbocycles. The Hall–Kier alpha value is -2.14. The maximum Gasteiger partial charge on any atom is 0.220 e. The van der Waals surface area contributed by atoms with E-state index in [1.54, 1.807) is 0 Å². The molecule has 1 aromatic heterocycles. The second kappa shape index (κ2) is 7.62. The fourth-order valence-corrected chi connectivity index (χ4v) is 3.19. The molecule has 1 aliphatic heterocycles. The number of benzene rings is 1. The number of nitrogens with zero attached hydrogens (tertiary/aromatic N) is 2. The Labute approximate surface area is 143 Å². The Morgan fingerprint density at radius 1 is 1.38 bits per heavy atom. The lowest BCUT2D eigenvalue weighted by Gasteiger charge is -2.15. The van der Waals surface area contributed by atoms with Crippen LogP contribution in [0.2, 0.25) is 0 Å². The van der Waals surface area contributed by atoms with Gasteiger partial charge in [-0.05, 0) is 49.5 Å². The molecule has 5 heteroatoms. The number of amides is 1. The summed E-state index contributed by atoms with van der Waals surface area (Å²) in [6.45, 7) is 2.68. The zero-order valence-corrected chi connectivity index (χ0v) is 14.5. The first-order valence-corrected chi connectivity index (χ1v) is 8.67. The topological polar surface area (TPSA) is 57.3 Å². The van der Waals surface area contributed by atoms with Crippen molar-refractivity contribution >= 4 is 22.6 Å². The van der Waals surface area contributed by atoms with E-state index in [-0.39, 0.29) is 5.91 Å². The minimum Gasteiger partial charge on any atom is -0.363 e. The maximum atomic E-state index is 12.2. The minimum absolute atomic E-state index is 0.134. The predicted octanol–water partition coefficient (Wildman–Crippen LogP) is 2.31. The predicted molar refractivity (Wildman–Crippen MR) is 98.1 cm³/mol. The first-order valence-electron chi connectivity index (χ1n) is 8.67. The largest absolute Gasteiger partial charge is 0.363 e. The van der Waals surface area contributed by atoms with Gasteiger partial charge in [0.25, 0.3) is 0 Å². The normalized spacial score (nSPS) is 17.2. The number of para-hydroxylation sites is 1. The van der Waals surface area contributed by atoms with E-state index >= 15 is 0 Å². The van der Waals surface area contributed by atoms with Gasteiger partial charge in [-0.2, -0.15) is 0 Å². The van der Waals surface area contributed by atoms with E-state index in [0.717, 1.165) is 41.8 Å². The molecule has 2 aromatic rings. The monoisotopic (exact) mass is 326 g/mol. The Morgan fingerprint density at radius 2 is 2.21 bits per heavy atom. The molecule has 0 radical (unpaired) electrons. The molecular weight excluding hydrogens is 300 g/mol. The lowest BCUT2D eigenvalue weighted by Crippen LogP contribution is -2.24. The molecule has 1 amide bonds. The van der Waals surface area contributed by atoms with Crippen LogP contribution in [0.25, 0.3) is 10.9 Å². The summed E-state index contributed by atoms with van der Waals surface area (Å²) in [7, 11) is 3.96. The summed E-state index contributed by atoms with van der Waals surface area (Å²) in [6.07, 6.45) is 2.77. The Bertz CT molecular complexity index is 708. The molecule has 1 atom stereocenters. The molecule has 1 fully saturated rings. The van der Waals surface area contributed by atoms with E-state index in [1.807, 2.05) is 37.2 Å². The fraction of sp³-hybridized carbons (Fsp3) is 0.474. The summed E-state index contributed by atoms with van der Waals surface area (Å²) in [4.78, 5) is 18.8. The van der Waals surface area contributed by atoms with E-state index in [1.165, 1.54) is 6.42 Å². The third-order valence-corrected chi connectivity index (χ3v) is 4.66. The number of rotatable bonds is 6. The van der Waals surface area contributed by atoms with Gasteiger partial charge < -0.3 is 15.5 Å². The van der Waals surface area contributed by atoms with Crippen molar-refractivity contribution in [3.8, 4) is 0 Å². The molecular formula is C19H26N4O. The number of pyridine rings is 1. The molecule has 1 aromatic carbocycles. The molecule has 0 saturated carbocycles. The second-order valence-corrected chi connectivity index (χ2v) is 6.73. The molecule has 1 saturated heterocycles. The van der Waals surface area contributed by atoms with Crippen LogP contribution in [0.4, 0.5) is 5.82 Å². The van der Waals surface area contributed by atoms with E-state index < -0.39 is 0 Å². The highest BCUT2D eigenvalue weighted by Gasteiger charge is 2.16. The third-order valence-electron chi connectivity index (χ3n) is 4.66. The molecule has 128 valence electrons. The summed E-state index contributed by atoms with van der Waals surface area (Å²) < 4.78 is 0. The van der Waals surface area contributed by atoms with Crippen LogP contribution < -0.4 is 15.5 Å². The van der Waals surface area contributed by atoms with E-state index in [4.69, 9.17) is 0 Å². The average molecular weight is 326 g/mol.